The molecule has 1 aromatic rings. The average Bonchev–Trinajstić information content (AvgIpc) is 2.32. The van der Waals surface area contributed by atoms with E-state index in [0.29, 0.717) is 24.0 Å². The molecule has 0 amide bonds. The first-order valence-electron chi connectivity index (χ1n) is 5.55. The molecule has 96 valence electrons. The van der Waals surface area contributed by atoms with E-state index >= 15 is 0 Å². The molecule has 0 spiro atoms. The third-order valence-corrected chi connectivity index (χ3v) is 2.65. The fourth-order valence-corrected chi connectivity index (χ4v) is 1.54. The first kappa shape index (κ1) is 14.2. The summed E-state index contributed by atoms with van der Waals surface area (Å²) in [5, 5.41) is 0.646. The van der Waals surface area contributed by atoms with E-state index in [-0.39, 0.29) is 0 Å². The highest BCUT2D eigenvalue weighted by Crippen LogP contribution is 2.17. The zero-order valence-corrected chi connectivity index (χ0v) is 11.0. The second-order valence-corrected chi connectivity index (χ2v) is 4.11. The van der Waals surface area contributed by atoms with Gasteiger partial charge in [-0.15, -0.1) is 0 Å². The van der Waals surface area contributed by atoms with Gasteiger partial charge >= 0.3 is 0 Å². The average molecular weight is 259 g/mol. The van der Waals surface area contributed by atoms with Crippen LogP contribution >= 0.6 is 11.6 Å². The van der Waals surface area contributed by atoms with Crippen LogP contribution in [0.25, 0.3) is 0 Å². The molecule has 0 radical (unpaired) electrons. The summed E-state index contributed by atoms with van der Waals surface area (Å²) < 4.78 is 5.29. The molecule has 0 atom stereocenters. The maximum Gasteiger partial charge on any atom is 0.140 e. The van der Waals surface area contributed by atoms with E-state index in [1.807, 2.05) is 14.0 Å². The van der Waals surface area contributed by atoms with Gasteiger partial charge in [0.05, 0.1) is 17.3 Å². The number of nitrogens with two attached hydrogens (primary N) is 1. The highest BCUT2D eigenvalue weighted by Gasteiger charge is 2.07. The normalized spacial score (nSPS) is 10.9. The smallest absolute Gasteiger partial charge is 0.140 e. The molecule has 0 aliphatic carbocycles. The largest absolute Gasteiger partial charge is 0.380 e. The molecule has 0 fully saturated rings. The number of nitrogens with one attached hydrogen (secondary N) is 1. The van der Waals surface area contributed by atoms with Crippen molar-refractivity contribution in [3.05, 3.63) is 22.8 Å². The lowest BCUT2D eigenvalue weighted by Crippen LogP contribution is -2.23. The lowest BCUT2D eigenvalue weighted by Gasteiger charge is -2.17. The van der Waals surface area contributed by atoms with Gasteiger partial charge in [-0.25, -0.2) is 10.8 Å². The summed E-state index contributed by atoms with van der Waals surface area (Å²) in [4.78, 5) is 6.41. The molecule has 3 N–H and O–H groups in total. The molecule has 0 aromatic carbocycles. The number of hydrogen-bond acceptors (Lipinski definition) is 5. The minimum atomic E-state index is 0.614. The number of halogens is 1. The van der Waals surface area contributed by atoms with Gasteiger partial charge in [0.1, 0.15) is 5.82 Å². The molecule has 0 unspecified atom stereocenters. The van der Waals surface area contributed by atoms with Crippen molar-refractivity contribution in [2.24, 2.45) is 5.84 Å². The number of likely N-dealkylation sites (N-methyl/N-ethyl adjacent to an activating group) is 1. The summed E-state index contributed by atoms with van der Waals surface area (Å²) in [7, 11) is 2.00. The van der Waals surface area contributed by atoms with E-state index in [4.69, 9.17) is 22.2 Å². The molecule has 1 heterocycles. The monoisotopic (exact) mass is 258 g/mol. The van der Waals surface area contributed by atoms with Crippen LogP contribution in [0.5, 0.6) is 0 Å². The van der Waals surface area contributed by atoms with Crippen LogP contribution < -0.4 is 11.3 Å². The molecule has 1 aromatic heterocycles. The lowest BCUT2D eigenvalue weighted by atomic mass is 10.3. The van der Waals surface area contributed by atoms with Crippen LogP contribution in [0.1, 0.15) is 12.6 Å². The quantitative estimate of drug-likeness (QED) is 0.441. The van der Waals surface area contributed by atoms with E-state index in [1.165, 1.54) is 0 Å². The summed E-state index contributed by atoms with van der Waals surface area (Å²) in [5.74, 6) is 5.92. The van der Waals surface area contributed by atoms with Gasteiger partial charge in [-0.05, 0) is 26.1 Å². The molecule has 17 heavy (non-hydrogen) atoms. The van der Waals surface area contributed by atoms with Gasteiger partial charge in [0.15, 0.2) is 0 Å². The second-order valence-electron chi connectivity index (χ2n) is 3.70. The van der Waals surface area contributed by atoms with Crippen LogP contribution in [0.15, 0.2) is 12.1 Å². The number of anilines is 1. The molecule has 6 heteroatoms. The zero-order chi connectivity index (χ0) is 12.7. The lowest BCUT2D eigenvalue weighted by molar-refractivity contribution is 0.120. The van der Waals surface area contributed by atoms with E-state index < -0.39 is 0 Å². The van der Waals surface area contributed by atoms with E-state index in [2.05, 4.69) is 15.3 Å². The van der Waals surface area contributed by atoms with Crippen LogP contribution in [-0.4, -0.2) is 36.7 Å². The Hall–Kier alpha value is -0.880. The third-order valence-electron chi connectivity index (χ3n) is 2.31. The first-order chi connectivity index (χ1) is 8.17. The number of nitrogen functional groups attached to an aromatic ring is 1. The summed E-state index contributed by atoms with van der Waals surface area (Å²) in [6.45, 7) is 4.93. The van der Waals surface area contributed by atoms with E-state index in [1.54, 1.807) is 12.1 Å². The van der Waals surface area contributed by atoms with Crippen molar-refractivity contribution in [1.82, 2.24) is 9.88 Å². The molecule has 0 aliphatic heterocycles. The predicted octanol–water partition coefficient (Wildman–Crippen LogP) is 1.49. The zero-order valence-electron chi connectivity index (χ0n) is 10.2. The number of pyridine rings is 1. The first-order valence-corrected chi connectivity index (χ1v) is 5.93. The molecular weight excluding hydrogens is 240 g/mol. The minimum absolute atomic E-state index is 0.614. The molecule has 0 aliphatic rings. The minimum Gasteiger partial charge on any atom is -0.380 e. The van der Waals surface area contributed by atoms with E-state index in [9.17, 15) is 0 Å². The Labute approximate surface area is 107 Å². The molecule has 5 nitrogen and oxygen atoms in total. The van der Waals surface area contributed by atoms with Gasteiger partial charge in [0, 0.05) is 19.7 Å². The van der Waals surface area contributed by atoms with Crippen LogP contribution in [-0.2, 0) is 11.3 Å². The van der Waals surface area contributed by atoms with Crippen LogP contribution in [0.2, 0.25) is 5.02 Å². The number of aromatic nitrogens is 1. The van der Waals surface area contributed by atoms with Crippen molar-refractivity contribution in [1.29, 1.82) is 0 Å². The fourth-order valence-electron chi connectivity index (χ4n) is 1.38. The van der Waals surface area contributed by atoms with Crippen molar-refractivity contribution < 1.29 is 4.74 Å². The van der Waals surface area contributed by atoms with Gasteiger partial charge in [0.25, 0.3) is 0 Å². The number of hydrazine groups is 1. The van der Waals surface area contributed by atoms with Gasteiger partial charge in [-0.2, -0.15) is 0 Å². The van der Waals surface area contributed by atoms with Crippen LogP contribution in [0.4, 0.5) is 5.82 Å². The fraction of sp³-hybridized carbons (Fsp3) is 0.545. The second kappa shape index (κ2) is 7.45. The molecule has 0 bridgehead atoms. The Morgan fingerprint density at radius 2 is 2.29 bits per heavy atom. The summed E-state index contributed by atoms with van der Waals surface area (Å²) in [5.41, 5.74) is 3.31. The third kappa shape index (κ3) is 4.87. The maximum absolute atomic E-state index is 6.07. The molecular formula is C11H19ClN4O. The van der Waals surface area contributed by atoms with Gasteiger partial charge in [-0.3, -0.25) is 4.90 Å². The standard InChI is InChI=1S/C11H19ClN4O/c1-3-17-7-6-16(2)8-10-9(12)4-5-11(14-10)15-13/h4-5H,3,6-8,13H2,1-2H3,(H,14,15). The van der Waals surface area contributed by atoms with Crippen molar-refractivity contribution in [3.8, 4) is 0 Å². The SMILES string of the molecule is CCOCCN(C)Cc1nc(NN)ccc1Cl. The van der Waals surface area contributed by atoms with Crippen molar-refractivity contribution in [2.45, 2.75) is 13.5 Å². The summed E-state index contributed by atoms with van der Waals surface area (Å²) in [6.07, 6.45) is 0. The summed E-state index contributed by atoms with van der Waals surface area (Å²) in [6, 6.07) is 3.53. The van der Waals surface area contributed by atoms with Gasteiger partial charge in [-0.1, -0.05) is 11.6 Å². The topological polar surface area (TPSA) is 63.4 Å². The van der Waals surface area contributed by atoms with Crippen LogP contribution in [0, 0.1) is 0 Å². The summed E-state index contributed by atoms with van der Waals surface area (Å²) >= 11 is 6.07. The molecule has 1 rings (SSSR count). The number of hydrogen-bond donors (Lipinski definition) is 2. The van der Waals surface area contributed by atoms with E-state index in [0.717, 1.165) is 18.8 Å². The molecule has 0 saturated heterocycles. The Kier molecular flexibility index (Phi) is 6.21. The van der Waals surface area contributed by atoms with Gasteiger partial charge < -0.3 is 10.2 Å². The van der Waals surface area contributed by atoms with Crippen LogP contribution in [0.3, 0.4) is 0 Å². The number of nitrogens with zero attached hydrogens (tertiary/aromatic N) is 2. The van der Waals surface area contributed by atoms with Gasteiger partial charge in [0.2, 0.25) is 0 Å². The maximum atomic E-state index is 6.07. The highest BCUT2D eigenvalue weighted by molar-refractivity contribution is 6.31. The molecule has 0 saturated carbocycles. The number of rotatable bonds is 7. The van der Waals surface area contributed by atoms with Crippen molar-refractivity contribution >= 4 is 17.4 Å². The number of ether oxygens (including phenoxy) is 1. The Bertz CT molecular complexity index is 348. The van der Waals surface area contributed by atoms with Crippen molar-refractivity contribution in [2.75, 3.05) is 32.2 Å². The Balaban J connectivity index is 2.54. The predicted molar refractivity (Wildman–Crippen MR) is 69.9 cm³/mol. The highest BCUT2D eigenvalue weighted by atomic mass is 35.5. The van der Waals surface area contributed by atoms with Crippen molar-refractivity contribution in [3.63, 3.8) is 0 Å². The Morgan fingerprint density at radius 3 is 2.94 bits per heavy atom. The Morgan fingerprint density at radius 1 is 1.53 bits per heavy atom.